The number of hydrogen-bond donors (Lipinski definition) is 1. The predicted molar refractivity (Wildman–Crippen MR) is 113 cm³/mol. The summed E-state index contributed by atoms with van der Waals surface area (Å²) in [5.41, 5.74) is 2.52. The maximum absolute atomic E-state index is 13.3. The van der Waals surface area contributed by atoms with Gasteiger partial charge < -0.3 is 4.90 Å². The Hall–Kier alpha value is -3.19. The van der Waals surface area contributed by atoms with Gasteiger partial charge in [-0.05, 0) is 43.2 Å². The number of amides is 2. The van der Waals surface area contributed by atoms with Crippen molar-refractivity contribution in [3.63, 3.8) is 0 Å². The van der Waals surface area contributed by atoms with E-state index in [1.54, 1.807) is 29.6 Å². The van der Waals surface area contributed by atoms with Crippen LogP contribution in [0.3, 0.4) is 0 Å². The molecule has 3 aliphatic rings. The molecule has 2 amide bonds. The minimum Gasteiger partial charge on any atom is -0.368 e. The Bertz CT molecular complexity index is 1050. The van der Waals surface area contributed by atoms with Gasteiger partial charge in [-0.1, -0.05) is 17.7 Å². The molecule has 3 aliphatic heterocycles. The molecule has 6 heterocycles. The third kappa shape index (κ3) is 3.38. The van der Waals surface area contributed by atoms with Crippen molar-refractivity contribution in [2.75, 3.05) is 28.2 Å². The number of rotatable bonds is 2. The molecule has 3 aromatic heterocycles. The molecule has 0 radical (unpaired) electrons. The number of piperidine rings is 1. The van der Waals surface area contributed by atoms with Crippen LogP contribution in [0.25, 0.3) is 11.3 Å². The van der Waals surface area contributed by atoms with Crippen molar-refractivity contribution < 1.29 is 4.79 Å². The molecule has 0 aliphatic carbocycles. The Morgan fingerprint density at radius 2 is 2.00 bits per heavy atom. The Balaban J connectivity index is 1.57. The van der Waals surface area contributed by atoms with Gasteiger partial charge in [-0.2, -0.15) is 0 Å². The molecule has 0 atom stereocenters. The number of nitrogens with one attached hydrogen (secondary N) is 1. The lowest BCUT2D eigenvalue weighted by atomic mass is 10.1. The summed E-state index contributed by atoms with van der Waals surface area (Å²) in [6, 6.07) is 11.1. The van der Waals surface area contributed by atoms with Gasteiger partial charge in [-0.15, -0.1) is 0 Å². The number of carbonyl (C=O) groups excluding carboxylic acids is 1. The number of anilines is 3. The van der Waals surface area contributed by atoms with E-state index >= 15 is 0 Å². The van der Waals surface area contributed by atoms with Crippen molar-refractivity contribution in [1.82, 2.24) is 15.0 Å². The summed E-state index contributed by atoms with van der Waals surface area (Å²) in [5.74, 6) is 1.18. The average Bonchev–Trinajstić information content (AvgIpc) is 3.00. The number of fused-ring (bicyclic) bond motifs is 2. The monoisotopic (exact) mass is 406 g/mol. The average molecular weight is 407 g/mol. The van der Waals surface area contributed by atoms with E-state index in [4.69, 9.17) is 16.6 Å². The Morgan fingerprint density at radius 3 is 2.76 bits per heavy atom. The minimum atomic E-state index is -0.215. The van der Waals surface area contributed by atoms with Gasteiger partial charge in [0.2, 0.25) is 0 Å². The zero-order valence-corrected chi connectivity index (χ0v) is 16.4. The molecule has 0 saturated carbocycles. The first-order valence-corrected chi connectivity index (χ1v) is 9.95. The fourth-order valence-electron chi connectivity index (χ4n) is 3.98. The lowest BCUT2D eigenvalue weighted by molar-refractivity contribution is 0.253. The van der Waals surface area contributed by atoms with E-state index < -0.39 is 0 Å². The summed E-state index contributed by atoms with van der Waals surface area (Å²) >= 11 is 6.11. The molecule has 1 saturated heterocycles. The molecule has 1 N–H and O–H groups in total. The third-order valence-electron chi connectivity index (χ3n) is 5.37. The number of halogens is 1. The number of aromatic nitrogens is 3. The first-order valence-electron chi connectivity index (χ1n) is 9.57. The van der Waals surface area contributed by atoms with Crippen molar-refractivity contribution in [2.45, 2.75) is 18.9 Å². The van der Waals surface area contributed by atoms with Crippen LogP contribution in [-0.4, -0.2) is 40.1 Å². The van der Waals surface area contributed by atoms with Crippen molar-refractivity contribution in [2.24, 2.45) is 0 Å². The molecule has 8 heteroatoms. The zero-order valence-electron chi connectivity index (χ0n) is 15.6. The van der Waals surface area contributed by atoms with Crippen LogP contribution in [0.4, 0.5) is 22.1 Å². The van der Waals surface area contributed by atoms with E-state index in [1.165, 1.54) is 0 Å². The topological polar surface area (TPSA) is 74.2 Å². The number of hydrogen-bond acceptors (Lipinski definition) is 5. The summed E-state index contributed by atoms with van der Waals surface area (Å²) in [6.07, 6.45) is 6.78. The van der Waals surface area contributed by atoms with Crippen LogP contribution in [0.15, 0.2) is 55.0 Å². The Kier molecular flexibility index (Phi) is 4.52. The highest BCUT2D eigenvalue weighted by molar-refractivity contribution is 6.30. The lowest BCUT2D eigenvalue weighted by Crippen LogP contribution is -2.46. The number of nitrogens with zero attached hydrogens (tertiary/aromatic N) is 5. The van der Waals surface area contributed by atoms with Crippen molar-refractivity contribution in [1.29, 1.82) is 0 Å². The highest BCUT2D eigenvalue weighted by atomic mass is 35.5. The number of pyridine rings is 3. The largest absolute Gasteiger partial charge is 0.368 e. The van der Waals surface area contributed by atoms with Crippen LogP contribution in [0.1, 0.15) is 12.8 Å². The van der Waals surface area contributed by atoms with E-state index in [0.29, 0.717) is 16.7 Å². The van der Waals surface area contributed by atoms with Crippen LogP contribution < -0.4 is 15.1 Å². The molecule has 2 bridgehead atoms. The summed E-state index contributed by atoms with van der Waals surface area (Å²) in [5, 5.41) is 3.46. The van der Waals surface area contributed by atoms with Crippen LogP contribution in [0, 0.1) is 0 Å². The fraction of sp³-hybridized carbons (Fsp3) is 0.238. The van der Waals surface area contributed by atoms with Gasteiger partial charge in [-0.3, -0.25) is 15.2 Å². The highest BCUT2D eigenvalue weighted by Gasteiger charge is 2.37. The smallest absolute Gasteiger partial charge is 0.328 e. The summed E-state index contributed by atoms with van der Waals surface area (Å²) < 4.78 is 0. The molecule has 6 rings (SSSR count). The second kappa shape index (κ2) is 7.33. The van der Waals surface area contributed by atoms with Gasteiger partial charge in [0.1, 0.15) is 5.82 Å². The molecule has 3 aromatic rings. The van der Waals surface area contributed by atoms with E-state index in [-0.39, 0.29) is 12.1 Å². The molecule has 29 heavy (non-hydrogen) atoms. The van der Waals surface area contributed by atoms with Gasteiger partial charge in [0, 0.05) is 43.3 Å². The van der Waals surface area contributed by atoms with E-state index in [2.05, 4.69) is 20.2 Å². The number of urea groups is 1. The van der Waals surface area contributed by atoms with Crippen molar-refractivity contribution in [3.8, 4) is 11.3 Å². The van der Waals surface area contributed by atoms with Crippen LogP contribution in [-0.2, 0) is 0 Å². The summed E-state index contributed by atoms with van der Waals surface area (Å²) in [6.45, 7) is 1.82. The van der Waals surface area contributed by atoms with E-state index in [9.17, 15) is 4.79 Å². The molecule has 7 nitrogen and oxygen atoms in total. The van der Waals surface area contributed by atoms with Gasteiger partial charge in [0.15, 0.2) is 5.82 Å². The van der Waals surface area contributed by atoms with Crippen LogP contribution in [0.5, 0.6) is 0 Å². The summed E-state index contributed by atoms with van der Waals surface area (Å²) in [7, 11) is 0. The molecular formula is C21H19ClN6O. The third-order valence-corrected chi connectivity index (χ3v) is 5.58. The lowest BCUT2D eigenvalue weighted by Gasteiger charge is -2.31. The molecule has 146 valence electrons. The van der Waals surface area contributed by atoms with Crippen molar-refractivity contribution in [3.05, 3.63) is 60.0 Å². The van der Waals surface area contributed by atoms with Crippen LogP contribution in [0.2, 0.25) is 5.02 Å². The molecule has 0 aromatic carbocycles. The second-order valence-corrected chi connectivity index (χ2v) is 7.60. The van der Waals surface area contributed by atoms with E-state index in [0.717, 1.165) is 42.9 Å². The normalized spacial score (nSPS) is 15.8. The van der Waals surface area contributed by atoms with E-state index in [1.807, 2.05) is 30.3 Å². The van der Waals surface area contributed by atoms with Crippen LogP contribution >= 0.6 is 11.6 Å². The van der Waals surface area contributed by atoms with Gasteiger partial charge >= 0.3 is 6.03 Å². The highest BCUT2D eigenvalue weighted by Crippen LogP contribution is 2.39. The Morgan fingerprint density at radius 1 is 1.14 bits per heavy atom. The molecule has 0 unspecified atom stereocenters. The maximum atomic E-state index is 13.3. The first-order chi connectivity index (χ1) is 14.2. The number of carbonyl (C=O) groups is 1. The standard InChI is InChI=1S/C21H19ClN6O/c22-15-11-14(12-23-13-15)17-4-5-18-20(25-17)28(16-6-9-27(18)10-7-16)21(29)26-19-3-1-2-8-24-19/h1-5,8,11-13,16H,6-7,9-10H2,(H,24,26,29). The fourth-order valence-corrected chi connectivity index (χ4v) is 4.16. The molecule has 1 fully saturated rings. The van der Waals surface area contributed by atoms with Gasteiger partial charge in [0.25, 0.3) is 0 Å². The Labute approximate surface area is 173 Å². The van der Waals surface area contributed by atoms with Gasteiger partial charge in [-0.25, -0.2) is 14.8 Å². The predicted octanol–water partition coefficient (Wildman–Crippen LogP) is 4.21. The first kappa shape index (κ1) is 17.9. The molecular weight excluding hydrogens is 388 g/mol. The SMILES string of the molecule is O=C(Nc1ccccn1)N1c2nc(-c3cncc(Cl)c3)ccc2N2CCC1CC2. The molecule has 0 spiro atoms. The minimum absolute atomic E-state index is 0.0939. The summed E-state index contributed by atoms with van der Waals surface area (Å²) in [4.78, 5) is 30.6. The van der Waals surface area contributed by atoms with Crippen molar-refractivity contribution >= 4 is 35.0 Å². The maximum Gasteiger partial charge on any atom is 0.328 e. The zero-order chi connectivity index (χ0) is 19.8. The second-order valence-electron chi connectivity index (χ2n) is 7.16. The quantitative estimate of drug-likeness (QED) is 0.689. The van der Waals surface area contributed by atoms with Gasteiger partial charge in [0.05, 0.1) is 16.4 Å².